The van der Waals surface area contributed by atoms with Gasteiger partial charge in [-0.1, -0.05) is 0 Å². The van der Waals surface area contributed by atoms with Gasteiger partial charge in [0.15, 0.2) is 0 Å². The Morgan fingerprint density at radius 2 is 2.03 bits per heavy atom. The van der Waals surface area contributed by atoms with E-state index in [9.17, 15) is 10.2 Å². The van der Waals surface area contributed by atoms with Crippen molar-refractivity contribution in [1.82, 2.24) is 23.9 Å². The molecule has 5 unspecified atom stereocenters. The first-order valence-electron chi connectivity index (χ1n) is 11.2. The molecule has 4 aromatic rings. The molecule has 5 heterocycles. The van der Waals surface area contributed by atoms with E-state index in [-0.39, 0.29) is 12.1 Å². The second-order valence-corrected chi connectivity index (χ2v) is 9.39. The number of rotatable bonds is 4. The molecule has 0 aromatic carbocycles. The van der Waals surface area contributed by atoms with Crippen LogP contribution in [0.15, 0.2) is 49.3 Å². The average molecular weight is 434 g/mol. The molecule has 32 heavy (non-hydrogen) atoms. The first-order chi connectivity index (χ1) is 15.5. The smallest absolute Gasteiger partial charge is 0.143 e. The van der Waals surface area contributed by atoms with Crippen LogP contribution in [-0.4, -0.2) is 59.1 Å². The van der Waals surface area contributed by atoms with Gasteiger partial charge in [-0.15, -0.1) is 0 Å². The van der Waals surface area contributed by atoms with Crippen LogP contribution in [0.3, 0.4) is 0 Å². The van der Waals surface area contributed by atoms with E-state index in [4.69, 9.17) is 4.74 Å². The zero-order valence-corrected chi connectivity index (χ0v) is 18.0. The van der Waals surface area contributed by atoms with Crippen molar-refractivity contribution in [3.05, 3.63) is 60.6 Å². The minimum Gasteiger partial charge on any atom is -0.390 e. The number of aryl methyl sites for hydroxylation is 2. The van der Waals surface area contributed by atoms with Crippen molar-refractivity contribution in [3.8, 4) is 0 Å². The van der Waals surface area contributed by atoms with Gasteiger partial charge in [0.1, 0.15) is 23.7 Å². The molecule has 0 bridgehead atoms. The minimum atomic E-state index is -0.855. The van der Waals surface area contributed by atoms with Crippen LogP contribution >= 0.6 is 0 Å². The van der Waals surface area contributed by atoms with Gasteiger partial charge in [0, 0.05) is 35.6 Å². The predicted molar refractivity (Wildman–Crippen MR) is 118 cm³/mol. The van der Waals surface area contributed by atoms with E-state index in [0.29, 0.717) is 13.0 Å². The molecular formula is C24H27N5O3. The number of pyridine rings is 1. The Morgan fingerprint density at radius 1 is 1.12 bits per heavy atom. The van der Waals surface area contributed by atoms with E-state index < -0.39 is 17.6 Å². The molecule has 1 saturated heterocycles. The number of ether oxygens (including phenoxy) is 1. The van der Waals surface area contributed by atoms with Crippen molar-refractivity contribution in [2.75, 3.05) is 6.61 Å². The lowest BCUT2D eigenvalue weighted by molar-refractivity contribution is -0.0309. The van der Waals surface area contributed by atoms with Crippen LogP contribution in [0.4, 0.5) is 0 Å². The van der Waals surface area contributed by atoms with Gasteiger partial charge in [0.2, 0.25) is 0 Å². The number of hydrogen-bond donors (Lipinski definition) is 2. The third-order valence-electron chi connectivity index (χ3n) is 7.48. The van der Waals surface area contributed by atoms with Gasteiger partial charge in [0.05, 0.1) is 30.6 Å². The summed E-state index contributed by atoms with van der Waals surface area (Å²) in [6, 6.07) is 5.97. The number of fused-ring (bicyclic) bond motifs is 2. The standard InChI is InChI=1S/C24H27N5O3/c1-15-18-5-8-29(23(18)27-14-26-15)19-12-24(22(31)21(19)30)11-17(32-13-24)3-2-16-4-7-28-9-6-25-20(28)10-16/h4-10,14,17,19,21-22,30-31H,2-3,11-13H2,1H3. The maximum Gasteiger partial charge on any atom is 0.143 e. The maximum atomic E-state index is 11.1. The predicted octanol–water partition coefficient (Wildman–Crippen LogP) is 2.46. The summed E-state index contributed by atoms with van der Waals surface area (Å²) in [7, 11) is 0. The van der Waals surface area contributed by atoms with Crippen LogP contribution in [0.5, 0.6) is 0 Å². The third-order valence-corrected chi connectivity index (χ3v) is 7.48. The molecular weight excluding hydrogens is 406 g/mol. The molecule has 2 N–H and O–H groups in total. The zero-order chi connectivity index (χ0) is 21.9. The normalized spacial score (nSPS) is 30.2. The van der Waals surface area contributed by atoms with Gasteiger partial charge in [-0.05, 0) is 56.4 Å². The number of nitrogens with zero attached hydrogens (tertiary/aromatic N) is 5. The number of aliphatic hydroxyl groups is 2. The summed E-state index contributed by atoms with van der Waals surface area (Å²) in [5.41, 5.74) is 3.46. The number of aliphatic hydroxyl groups excluding tert-OH is 2. The Morgan fingerprint density at radius 3 is 2.94 bits per heavy atom. The summed E-state index contributed by atoms with van der Waals surface area (Å²) < 4.78 is 10.1. The Bertz CT molecular complexity index is 1280. The van der Waals surface area contributed by atoms with E-state index in [1.807, 2.05) is 40.5 Å². The lowest BCUT2D eigenvalue weighted by atomic mass is 9.80. The van der Waals surface area contributed by atoms with Crippen LogP contribution in [0, 0.1) is 12.3 Å². The first-order valence-corrected chi connectivity index (χ1v) is 11.2. The largest absolute Gasteiger partial charge is 0.390 e. The highest BCUT2D eigenvalue weighted by molar-refractivity contribution is 5.78. The fourth-order valence-electron chi connectivity index (χ4n) is 5.68. The summed E-state index contributed by atoms with van der Waals surface area (Å²) in [5, 5.41) is 23.0. The van der Waals surface area contributed by atoms with Gasteiger partial charge in [-0.2, -0.15) is 0 Å². The topological polar surface area (TPSA) is 97.7 Å². The van der Waals surface area contributed by atoms with Gasteiger partial charge >= 0.3 is 0 Å². The first kappa shape index (κ1) is 19.8. The minimum absolute atomic E-state index is 0.0672. The lowest BCUT2D eigenvalue weighted by Gasteiger charge is -2.26. The quantitative estimate of drug-likeness (QED) is 0.513. The lowest BCUT2D eigenvalue weighted by Crippen LogP contribution is -2.37. The molecule has 0 amide bonds. The summed E-state index contributed by atoms with van der Waals surface area (Å²) in [6.45, 7) is 2.42. The van der Waals surface area contributed by atoms with Crippen LogP contribution in [0.25, 0.3) is 16.7 Å². The van der Waals surface area contributed by atoms with E-state index in [1.54, 1.807) is 12.5 Å². The maximum absolute atomic E-state index is 11.1. The molecule has 6 rings (SSSR count). The molecule has 1 saturated carbocycles. The third kappa shape index (κ3) is 3.05. The van der Waals surface area contributed by atoms with Gasteiger partial charge < -0.3 is 23.9 Å². The molecule has 1 aliphatic heterocycles. The van der Waals surface area contributed by atoms with Crippen molar-refractivity contribution >= 4 is 16.7 Å². The Hall–Kier alpha value is -2.81. The van der Waals surface area contributed by atoms with Crippen LogP contribution in [-0.2, 0) is 11.2 Å². The number of imidazole rings is 1. The number of aromatic nitrogens is 5. The SMILES string of the molecule is Cc1ncnc2c1ccn2C1CC2(COC(CCc3ccn4ccnc4c3)C2)C(O)C1O. The highest BCUT2D eigenvalue weighted by atomic mass is 16.5. The van der Waals surface area contributed by atoms with E-state index >= 15 is 0 Å². The molecule has 5 atom stereocenters. The number of hydrogen-bond acceptors (Lipinski definition) is 6. The van der Waals surface area contributed by atoms with Gasteiger partial charge in [0.25, 0.3) is 0 Å². The van der Waals surface area contributed by atoms with Crippen molar-refractivity contribution in [2.45, 2.75) is 57.0 Å². The molecule has 8 heteroatoms. The van der Waals surface area contributed by atoms with Gasteiger partial charge in [-0.25, -0.2) is 15.0 Å². The summed E-state index contributed by atoms with van der Waals surface area (Å²) >= 11 is 0. The molecule has 2 aliphatic rings. The van der Waals surface area contributed by atoms with E-state index in [1.165, 1.54) is 5.56 Å². The highest BCUT2D eigenvalue weighted by Crippen LogP contribution is 2.52. The summed E-state index contributed by atoms with van der Waals surface area (Å²) in [6.07, 6.45) is 10.9. The summed E-state index contributed by atoms with van der Waals surface area (Å²) in [4.78, 5) is 13.1. The van der Waals surface area contributed by atoms with Crippen molar-refractivity contribution in [3.63, 3.8) is 0 Å². The molecule has 1 spiro atoms. The van der Waals surface area contributed by atoms with Crippen LogP contribution < -0.4 is 0 Å². The highest BCUT2D eigenvalue weighted by Gasteiger charge is 2.57. The Labute approximate surface area is 185 Å². The van der Waals surface area contributed by atoms with Gasteiger partial charge in [-0.3, -0.25) is 0 Å². The zero-order valence-electron chi connectivity index (χ0n) is 18.0. The summed E-state index contributed by atoms with van der Waals surface area (Å²) in [5.74, 6) is 0. The molecule has 1 aliphatic carbocycles. The van der Waals surface area contributed by atoms with Crippen molar-refractivity contribution in [2.24, 2.45) is 5.41 Å². The van der Waals surface area contributed by atoms with Crippen molar-refractivity contribution in [1.29, 1.82) is 0 Å². The van der Waals surface area contributed by atoms with E-state index in [2.05, 4.69) is 27.1 Å². The molecule has 0 radical (unpaired) electrons. The molecule has 166 valence electrons. The van der Waals surface area contributed by atoms with E-state index in [0.717, 1.165) is 41.6 Å². The molecule has 8 nitrogen and oxygen atoms in total. The average Bonchev–Trinajstić information content (AvgIpc) is 3.56. The monoisotopic (exact) mass is 433 g/mol. The molecule has 4 aromatic heterocycles. The van der Waals surface area contributed by atoms with Crippen molar-refractivity contribution < 1.29 is 14.9 Å². The van der Waals surface area contributed by atoms with Crippen LogP contribution in [0.1, 0.15) is 36.6 Å². The fourth-order valence-corrected chi connectivity index (χ4v) is 5.68. The second-order valence-electron chi connectivity index (χ2n) is 9.39. The Kier molecular flexibility index (Phi) is 4.57. The fraction of sp³-hybridized carbons (Fsp3) is 0.458. The Balaban J connectivity index is 1.18. The second kappa shape index (κ2) is 7.37. The van der Waals surface area contributed by atoms with Crippen LogP contribution in [0.2, 0.25) is 0 Å². The molecule has 2 fully saturated rings.